The Hall–Kier alpha value is -1.42. The van der Waals surface area contributed by atoms with E-state index in [-0.39, 0.29) is 0 Å². The van der Waals surface area contributed by atoms with Crippen LogP contribution in [0.4, 0.5) is 5.69 Å². The van der Waals surface area contributed by atoms with Crippen molar-refractivity contribution in [1.82, 2.24) is 5.32 Å². The molecule has 1 aliphatic rings. The maximum absolute atomic E-state index is 5.90. The fourth-order valence-corrected chi connectivity index (χ4v) is 2.13. The van der Waals surface area contributed by atoms with E-state index in [1.54, 1.807) is 14.2 Å². The van der Waals surface area contributed by atoms with E-state index < -0.39 is 0 Å². The van der Waals surface area contributed by atoms with Crippen LogP contribution in [0.3, 0.4) is 0 Å². The van der Waals surface area contributed by atoms with Crippen molar-refractivity contribution in [2.24, 2.45) is 0 Å². The van der Waals surface area contributed by atoms with Crippen LogP contribution < -0.4 is 20.5 Å². The van der Waals surface area contributed by atoms with Gasteiger partial charge in [0.15, 0.2) is 0 Å². The van der Waals surface area contributed by atoms with Gasteiger partial charge in [0.25, 0.3) is 0 Å². The number of nitrogen functional groups attached to an aromatic ring is 1. The summed E-state index contributed by atoms with van der Waals surface area (Å²) in [5.74, 6) is 1.37. The van der Waals surface area contributed by atoms with Gasteiger partial charge in [0.1, 0.15) is 17.2 Å². The number of anilines is 1. The number of hydrogen-bond acceptors (Lipinski definition) is 4. The largest absolute Gasteiger partial charge is 0.494 e. The van der Waals surface area contributed by atoms with Gasteiger partial charge in [0.05, 0.1) is 14.2 Å². The predicted molar refractivity (Wildman–Crippen MR) is 63.9 cm³/mol. The molecule has 1 heterocycles. The van der Waals surface area contributed by atoms with E-state index in [1.165, 1.54) is 12.0 Å². The zero-order chi connectivity index (χ0) is 11.5. The van der Waals surface area contributed by atoms with Crippen molar-refractivity contribution in [3.63, 3.8) is 0 Å². The molecule has 0 aliphatic carbocycles. The van der Waals surface area contributed by atoms with Gasteiger partial charge in [-0.3, -0.25) is 0 Å². The van der Waals surface area contributed by atoms with Crippen LogP contribution in [-0.2, 0) is 0 Å². The highest BCUT2D eigenvalue weighted by Crippen LogP contribution is 2.36. The van der Waals surface area contributed by atoms with Crippen molar-refractivity contribution < 1.29 is 9.47 Å². The number of rotatable bonds is 3. The molecule has 3 N–H and O–H groups in total. The number of methoxy groups -OCH3 is 2. The second kappa shape index (κ2) is 4.61. The van der Waals surface area contributed by atoms with Crippen molar-refractivity contribution in [3.05, 3.63) is 17.7 Å². The number of benzene rings is 1. The predicted octanol–water partition coefficient (Wildman–Crippen LogP) is 1.71. The van der Waals surface area contributed by atoms with Gasteiger partial charge < -0.3 is 20.5 Å². The first-order chi connectivity index (χ1) is 7.76. The van der Waals surface area contributed by atoms with Gasteiger partial charge in [0, 0.05) is 6.04 Å². The molecule has 0 amide bonds. The molecule has 4 nitrogen and oxygen atoms in total. The Kier molecular flexibility index (Phi) is 3.19. The molecule has 0 bridgehead atoms. The van der Waals surface area contributed by atoms with E-state index in [0.29, 0.717) is 23.2 Å². The fraction of sp³-hybridized carbons (Fsp3) is 0.500. The first-order valence-electron chi connectivity index (χ1n) is 5.51. The number of nitrogens with one attached hydrogen (secondary N) is 1. The highest BCUT2D eigenvalue weighted by Gasteiger charge is 2.19. The number of ether oxygens (including phenoxy) is 2. The zero-order valence-electron chi connectivity index (χ0n) is 9.75. The minimum atomic E-state index is 0.392. The molecule has 0 radical (unpaired) electrons. The molecular weight excluding hydrogens is 204 g/mol. The smallest absolute Gasteiger partial charge is 0.145 e. The molecule has 1 aromatic carbocycles. The molecule has 0 saturated carbocycles. The standard InChI is InChI=1S/C12H18N2O2/c1-15-10-6-8(9-4-3-5-14-9)7-11(16-2)12(10)13/h6-7,9,14H,3-5,13H2,1-2H3. The van der Waals surface area contributed by atoms with Crippen LogP contribution in [0.2, 0.25) is 0 Å². The lowest BCUT2D eigenvalue weighted by Crippen LogP contribution is -2.13. The van der Waals surface area contributed by atoms with Gasteiger partial charge in [-0.05, 0) is 37.1 Å². The molecule has 0 spiro atoms. The third-order valence-corrected chi connectivity index (χ3v) is 3.03. The Bertz CT molecular complexity index is 348. The first kappa shape index (κ1) is 11.1. The van der Waals surface area contributed by atoms with E-state index in [2.05, 4.69) is 5.32 Å². The summed E-state index contributed by atoms with van der Waals surface area (Å²) in [4.78, 5) is 0. The minimum Gasteiger partial charge on any atom is -0.494 e. The molecule has 1 aliphatic heterocycles. The molecule has 1 fully saturated rings. The summed E-state index contributed by atoms with van der Waals surface area (Å²) in [5.41, 5.74) is 7.64. The van der Waals surface area contributed by atoms with Crippen LogP contribution in [0, 0.1) is 0 Å². The van der Waals surface area contributed by atoms with Crippen molar-refractivity contribution in [2.45, 2.75) is 18.9 Å². The lowest BCUT2D eigenvalue weighted by atomic mass is 10.0. The summed E-state index contributed by atoms with van der Waals surface area (Å²) in [7, 11) is 3.24. The summed E-state index contributed by atoms with van der Waals surface area (Å²) >= 11 is 0. The molecule has 2 rings (SSSR count). The van der Waals surface area contributed by atoms with E-state index in [0.717, 1.165) is 13.0 Å². The second-order valence-corrected chi connectivity index (χ2v) is 3.99. The number of nitrogens with two attached hydrogens (primary N) is 1. The van der Waals surface area contributed by atoms with Crippen LogP contribution in [0.25, 0.3) is 0 Å². The maximum Gasteiger partial charge on any atom is 0.145 e. The zero-order valence-corrected chi connectivity index (χ0v) is 9.75. The van der Waals surface area contributed by atoms with Gasteiger partial charge in [-0.1, -0.05) is 0 Å². The molecule has 1 aromatic rings. The Morgan fingerprint density at radius 1 is 1.25 bits per heavy atom. The summed E-state index contributed by atoms with van der Waals surface area (Å²) < 4.78 is 10.5. The molecule has 88 valence electrons. The average molecular weight is 222 g/mol. The van der Waals surface area contributed by atoms with Gasteiger partial charge in [-0.2, -0.15) is 0 Å². The van der Waals surface area contributed by atoms with Gasteiger partial charge >= 0.3 is 0 Å². The van der Waals surface area contributed by atoms with Crippen LogP contribution in [0.15, 0.2) is 12.1 Å². The van der Waals surface area contributed by atoms with Crippen molar-refractivity contribution in [3.8, 4) is 11.5 Å². The SMILES string of the molecule is COc1cc(C2CCCN2)cc(OC)c1N. The molecule has 1 unspecified atom stereocenters. The quantitative estimate of drug-likeness (QED) is 0.764. The normalized spacial score (nSPS) is 19.8. The third-order valence-electron chi connectivity index (χ3n) is 3.03. The van der Waals surface area contributed by atoms with Gasteiger partial charge in [0.2, 0.25) is 0 Å². The Morgan fingerprint density at radius 3 is 2.31 bits per heavy atom. The lowest BCUT2D eigenvalue weighted by Gasteiger charge is -2.16. The number of hydrogen-bond donors (Lipinski definition) is 2. The summed E-state index contributed by atoms with van der Waals surface area (Å²) in [6.45, 7) is 1.07. The van der Waals surface area contributed by atoms with Crippen molar-refractivity contribution >= 4 is 5.69 Å². The Labute approximate surface area is 95.7 Å². The fourth-order valence-electron chi connectivity index (χ4n) is 2.13. The Balaban J connectivity index is 2.37. The highest BCUT2D eigenvalue weighted by atomic mass is 16.5. The summed E-state index contributed by atoms with van der Waals surface area (Å²) in [5, 5.41) is 3.44. The van der Waals surface area contributed by atoms with Crippen molar-refractivity contribution in [2.75, 3.05) is 26.5 Å². The second-order valence-electron chi connectivity index (χ2n) is 3.99. The third kappa shape index (κ3) is 1.93. The maximum atomic E-state index is 5.90. The van der Waals surface area contributed by atoms with E-state index in [4.69, 9.17) is 15.2 Å². The molecule has 0 aromatic heterocycles. The first-order valence-corrected chi connectivity index (χ1v) is 5.51. The molecule has 16 heavy (non-hydrogen) atoms. The molecule has 1 atom stereocenters. The Morgan fingerprint density at radius 2 is 1.88 bits per heavy atom. The molecular formula is C12H18N2O2. The summed E-state index contributed by atoms with van der Waals surface area (Å²) in [6.07, 6.45) is 2.36. The topological polar surface area (TPSA) is 56.5 Å². The van der Waals surface area contributed by atoms with Crippen LogP contribution >= 0.6 is 0 Å². The van der Waals surface area contributed by atoms with E-state index >= 15 is 0 Å². The molecule has 4 heteroatoms. The monoisotopic (exact) mass is 222 g/mol. The lowest BCUT2D eigenvalue weighted by molar-refractivity contribution is 0.396. The summed E-state index contributed by atoms with van der Waals surface area (Å²) in [6, 6.07) is 4.37. The van der Waals surface area contributed by atoms with Crippen LogP contribution in [0.1, 0.15) is 24.4 Å². The van der Waals surface area contributed by atoms with Gasteiger partial charge in [-0.25, -0.2) is 0 Å². The van der Waals surface area contributed by atoms with Crippen molar-refractivity contribution in [1.29, 1.82) is 0 Å². The van der Waals surface area contributed by atoms with E-state index in [9.17, 15) is 0 Å². The highest BCUT2D eigenvalue weighted by molar-refractivity contribution is 5.64. The average Bonchev–Trinajstić information content (AvgIpc) is 2.83. The van der Waals surface area contributed by atoms with Crippen LogP contribution in [0.5, 0.6) is 11.5 Å². The van der Waals surface area contributed by atoms with Crippen LogP contribution in [-0.4, -0.2) is 20.8 Å². The minimum absolute atomic E-state index is 0.392. The van der Waals surface area contributed by atoms with E-state index in [1.807, 2.05) is 12.1 Å². The van der Waals surface area contributed by atoms with Gasteiger partial charge in [-0.15, -0.1) is 0 Å². The molecule has 1 saturated heterocycles.